The summed E-state index contributed by atoms with van der Waals surface area (Å²) in [5, 5.41) is 5.62. The van der Waals surface area contributed by atoms with Crippen molar-refractivity contribution < 1.29 is 17.9 Å². The Morgan fingerprint density at radius 2 is 1.75 bits per heavy atom. The van der Waals surface area contributed by atoms with E-state index in [0.29, 0.717) is 42.4 Å². The summed E-state index contributed by atoms with van der Waals surface area (Å²) in [4.78, 5) is 12.8. The normalized spacial score (nSPS) is 13.2. The Labute approximate surface area is 188 Å². The number of benzene rings is 3. The number of urea groups is 1. The Morgan fingerprint density at radius 3 is 2.53 bits per heavy atom. The molecule has 1 aliphatic heterocycles. The molecule has 0 saturated carbocycles. The van der Waals surface area contributed by atoms with Crippen LogP contribution in [0.25, 0.3) is 0 Å². The molecule has 8 heteroatoms. The third kappa shape index (κ3) is 4.55. The molecule has 166 valence electrons. The fourth-order valence-electron chi connectivity index (χ4n) is 3.75. The van der Waals surface area contributed by atoms with Crippen LogP contribution in [0, 0.1) is 0 Å². The largest absolute Gasteiger partial charge is 0.492 e. The number of carbonyl (C=O) groups excluding carboxylic acids is 1. The number of anilines is 3. The lowest BCUT2D eigenvalue weighted by molar-refractivity contribution is 0.262. The molecule has 4 rings (SSSR count). The molecule has 1 aliphatic rings. The minimum atomic E-state index is -3.64. The molecule has 0 spiro atoms. The van der Waals surface area contributed by atoms with Crippen LogP contribution < -0.4 is 19.7 Å². The number of carbonyl (C=O) groups is 1. The van der Waals surface area contributed by atoms with Crippen LogP contribution in [0.1, 0.15) is 18.9 Å². The second-order valence-corrected chi connectivity index (χ2v) is 9.21. The van der Waals surface area contributed by atoms with Crippen LogP contribution in [0.5, 0.6) is 5.75 Å². The number of ether oxygens (including phenoxy) is 1. The number of para-hydroxylation sites is 2. The zero-order chi connectivity index (χ0) is 22.6. The molecule has 0 bridgehead atoms. The number of amides is 2. The van der Waals surface area contributed by atoms with Gasteiger partial charge in [-0.2, -0.15) is 0 Å². The van der Waals surface area contributed by atoms with Crippen LogP contribution >= 0.6 is 0 Å². The van der Waals surface area contributed by atoms with Gasteiger partial charge in [0.05, 0.1) is 22.9 Å². The number of nitrogens with one attached hydrogen (secondary N) is 2. The summed E-state index contributed by atoms with van der Waals surface area (Å²) in [6.07, 6.45) is 1.44. The van der Waals surface area contributed by atoms with E-state index in [9.17, 15) is 13.2 Å². The van der Waals surface area contributed by atoms with Crippen LogP contribution in [-0.4, -0.2) is 27.6 Å². The molecule has 32 heavy (non-hydrogen) atoms. The first-order valence-corrected chi connectivity index (χ1v) is 11.9. The van der Waals surface area contributed by atoms with E-state index in [1.807, 2.05) is 25.1 Å². The summed E-state index contributed by atoms with van der Waals surface area (Å²) in [7, 11) is -3.64. The highest BCUT2D eigenvalue weighted by molar-refractivity contribution is 7.92. The molecule has 2 amide bonds. The van der Waals surface area contributed by atoms with Gasteiger partial charge in [-0.05, 0) is 67.8 Å². The van der Waals surface area contributed by atoms with Gasteiger partial charge in [0.2, 0.25) is 0 Å². The molecule has 0 unspecified atom stereocenters. The van der Waals surface area contributed by atoms with Crippen LogP contribution in [-0.2, 0) is 16.4 Å². The summed E-state index contributed by atoms with van der Waals surface area (Å²) < 4.78 is 33.3. The first-order valence-electron chi connectivity index (χ1n) is 10.5. The van der Waals surface area contributed by atoms with Gasteiger partial charge in [0.15, 0.2) is 0 Å². The third-order valence-corrected chi connectivity index (χ3v) is 7.01. The molecule has 0 fully saturated rings. The lowest BCUT2D eigenvalue weighted by atomic mass is 10.0. The van der Waals surface area contributed by atoms with E-state index >= 15 is 0 Å². The van der Waals surface area contributed by atoms with Crippen LogP contribution in [0.2, 0.25) is 0 Å². The third-order valence-electron chi connectivity index (χ3n) is 5.18. The maximum Gasteiger partial charge on any atom is 0.323 e. The topological polar surface area (TPSA) is 87.7 Å². The minimum absolute atomic E-state index is 0.266. The van der Waals surface area contributed by atoms with Gasteiger partial charge in [-0.25, -0.2) is 13.2 Å². The average Bonchev–Trinajstić information content (AvgIpc) is 2.80. The monoisotopic (exact) mass is 451 g/mol. The molecule has 1 heterocycles. The van der Waals surface area contributed by atoms with Crippen LogP contribution in [0.4, 0.5) is 21.9 Å². The van der Waals surface area contributed by atoms with E-state index in [4.69, 9.17) is 4.74 Å². The fourth-order valence-corrected chi connectivity index (χ4v) is 5.31. The summed E-state index contributed by atoms with van der Waals surface area (Å²) in [5.41, 5.74) is 2.69. The van der Waals surface area contributed by atoms with E-state index in [0.717, 1.165) is 12.0 Å². The Hall–Kier alpha value is -3.52. The fraction of sp³-hybridized carbons (Fsp3) is 0.208. The molecular formula is C24H25N3O4S. The summed E-state index contributed by atoms with van der Waals surface area (Å²) in [6.45, 7) is 2.80. The second-order valence-electron chi connectivity index (χ2n) is 7.35. The smallest absolute Gasteiger partial charge is 0.323 e. The van der Waals surface area contributed by atoms with E-state index in [1.165, 1.54) is 4.31 Å². The van der Waals surface area contributed by atoms with E-state index < -0.39 is 16.1 Å². The Morgan fingerprint density at radius 1 is 1.00 bits per heavy atom. The number of nitrogens with zero attached hydrogens (tertiary/aromatic N) is 1. The quantitative estimate of drug-likeness (QED) is 0.560. The van der Waals surface area contributed by atoms with Crippen molar-refractivity contribution in [1.82, 2.24) is 0 Å². The predicted molar refractivity (Wildman–Crippen MR) is 126 cm³/mol. The first kappa shape index (κ1) is 21.7. The molecule has 7 nitrogen and oxygen atoms in total. The van der Waals surface area contributed by atoms with Gasteiger partial charge >= 0.3 is 6.03 Å². The molecule has 0 atom stereocenters. The minimum Gasteiger partial charge on any atom is -0.492 e. The number of hydrogen-bond acceptors (Lipinski definition) is 4. The number of hydrogen-bond donors (Lipinski definition) is 2. The van der Waals surface area contributed by atoms with E-state index in [2.05, 4.69) is 10.6 Å². The highest BCUT2D eigenvalue weighted by atomic mass is 32.2. The van der Waals surface area contributed by atoms with Crippen molar-refractivity contribution in [3.63, 3.8) is 0 Å². The maximum atomic E-state index is 13.1. The summed E-state index contributed by atoms with van der Waals surface area (Å²) >= 11 is 0. The van der Waals surface area contributed by atoms with Crippen LogP contribution in [0.15, 0.2) is 77.7 Å². The number of aryl methyl sites for hydroxylation is 1. The molecule has 3 aromatic carbocycles. The van der Waals surface area contributed by atoms with E-state index in [1.54, 1.807) is 54.6 Å². The number of fused-ring (bicyclic) bond motifs is 1. The van der Waals surface area contributed by atoms with Gasteiger partial charge in [0.25, 0.3) is 10.0 Å². The highest BCUT2D eigenvalue weighted by Crippen LogP contribution is 2.34. The highest BCUT2D eigenvalue weighted by Gasteiger charge is 2.29. The van der Waals surface area contributed by atoms with Gasteiger partial charge in [0.1, 0.15) is 5.75 Å². The van der Waals surface area contributed by atoms with Gasteiger partial charge in [0, 0.05) is 12.2 Å². The molecule has 0 aliphatic carbocycles. The van der Waals surface area contributed by atoms with Gasteiger partial charge in [-0.3, -0.25) is 4.31 Å². The Balaban J connectivity index is 1.53. The molecule has 3 aromatic rings. The Kier molecular flexibility index (Phi) is 6.32. The molecular weight excluding hydrogens is 426 g/mol. The number of sulfonamides is 1. The van der Waals surface area contributed by atoms with Crippen molar-refractivity contribution >= 4 is 33.1 Å². The van der Waals surface area contributed by atoms with Gasteiger partial charge < -0.3 is 15.4 Å². The van der Waals surface area contributed by atoms with Crippen molar-refractivity contribution in [1.29, 1.82) is 0 Å². The predicted octanol–water partition coefficient (Wildman–Crippen LogP) is 4.87. The van der Waals surface area contributed by atoms with Crippen molar-refractivity contribution in [2.24, 2.45) is 0 Å². The summed E-state index contributed by atoms with van der Waals surface area (Å²) in [5.74, 6) is 0.595. The standard InChI is InChI=1S/C24H25N3O4S/c1-2-31-23-13-7-6-12-21(23)26-24(28)25-19-14-15-22-18(17-19)9-8-16-27(22)32(29,30)20-10-4-3-5-11-20/h3-7,10-15,17H,2,8-9,16H2,1H3,(H2,25,26,28). The SMILES string of the molecule is CCOc1ccccc1NC(=O)Nc1ccc2c(c1)CCCN2S(=O)(=O)c1ccccc1. The lowest BCUT2D eigenvalue weighted by Gasteiger charge is -2.31. The van der Waals surface area contributed by atoms with Crippen molar-refractivity contribution in [3.8, 4) is 5.75 Å². The maximum absolute atomic E-state index is 13.1. The number of rotatable bonds is 6. The van der Waals surface area contributed by atoms with E-state index in [-0.39, 0.29) is 4.90 Å². The molecule has 0 saturated heterocycles. The second kappa shape index (κ2) is 9.32. The first-order chi connectivity index (χ1) is 15.5. The summed E-state index contributed by atoms with van der Waals surface area (Å²) in [6, 6.07) is 20.5. The average molecular weight is 452 g/mol. The van der Waals surface area contributed by atoms with Crippen molar-refractivity contribution in [2.75, 3.05) is 28.1 Å². The molecule has 0 aromatic heterocycles. The van der Waals surface area contributed by atoms with Gasteiger partial charge in [-0.15, -0.1) is 0 Å². The zero-order valence-corrected chi connectivity index (χ0v) is 18.6. The molecule has 0 radical (unpaired) electrons. The van der Waals surface area contributed by atoms with Crippen molar-refractivity contribution in [2.45, 2.75) is 24.7 Å². The van der Waals surface area contributed by atoms with Crippen molar-refractivity contribution in [3.05, 3.63) is 78.4 Å². The molecule has 2 N–H and O–H groups in total. The Bertz CT molecular complexity index is 1210. The lowest BCUT2D eigenvalue weighted by Crippen LogP contribution is -2.35. The zero-order valence-electron chi connectivity index (χ0n) is 17.7. The van der Waals surface area contributed by atoms with Crippen LogP contribution in [0.3, 0.4) is 0 Å². The van der Waals surface area contributed by atoms with Gasteiger partial charge in [-0.1, -0.05) is 30.3 Å².